The molecule has 21 heavy (non-hydrogen) atoms. The highest BCUT2D eigenvalue weighted by molar-refractivity contribution is 5.43. The number of rotatable bonds is 9. The molecule has 2 rings (SSSR count). The van der Waals surface area contributed by atoms with Crippen LogP contribution in [0.4, 0.5) is 0 Å². The molecule has 0 saturated heterocycles. The number of nitrogens with one attached hydrogen (secondary N) is 1. The van der Waals surface area contributed by atoms with Crippen molar-refractivity contribution in [3.63, 3.8) is 0 Å². The summed E-state index contributed by atoms with van der Waals surface area (Å²) in [4.78, 5) is 2.54. The summed E-state index contributed by atoms with van der Waals surface area (Å²) in [5, 5.41) is 3.43. The van der Waals surface area contributed by atoms with E-state index in [-0.39, 0.29) is 0 Å². The minimum Gasteiger partial charge on any atom is -0.493 e. The van der Waals surface area contributed by atoms with Crippen molar-refractivity contribution in [2.24, 2.45) is 5.92 Å². The Hall–Kier alpha value is -1.26. The Morgan fingerprint density at radius 2 is 1.95 bits per heavy atom. The maximum Gasteiger partial charge on any atom is 0.161 e. The number of ether oxygens (including phenoxy) is 2. The highest BCUT2D eigenvalue weighted by Crippen LogP contribution is 2.32. The second-order valence-corrected chi connectivity index (χ2v) is 5.75. The number of methoxy groups -OCH3 is 2. The molecule has 1 fully saturated rings. The Balaban J connectivity index is 2.08. The predicted molar refractivity (Wildman–Crippen MR) is 86.2 cm³/mol. The first-order valence-electron chi connectivity index (χ1n) is 7.83. The molecule has 0 aliphatic heterocycles. The largest absolute Gasteiger partial charge is 0.493 e. The zero-order valence-electron chi connectivity index (χ0n) is 13.7. The smallest absolute Gasteiger partial charge is 0.161 e. The summed E-state index contributed by atoms with van der Waals surface area (Å²) >= 11 is 0. The third kappa shape index (κ3) is 4.35. The molecule has 0 aromatic heterocycles. The van der Waals surface area contributed by atoms with Gasteiger partial charge in [-0.15, -0.1) is 0 Å². The molecule has 1 aromatic rings. The van der Waals surface area contributed by atoms with E-state index in [2.05, 4.69) is 29.3 Å². The third-order valence-corrected chi connectivity index (χ3v) is 4.26. The molecule has 1 atom stereocenters. The van der Waals surface area contributed by atoms with Crippen LogP contribution in [0.1, 0.15) is 31.4 Å². The van der Waals surface area contributed by atoms with Gasteiger partial charge in [0.2, 0.25) is 0 Å². The van der Waals surface area contributed by atoms with E-state index in [1.54, 1.807) is 14.2 Å². The molecule has 0 bridgehead atoms. The lowest BCUT2D eigenvalue weighted by Gasteiger charge is -2.27. The van der Waals surface area contributed by atoms with Crippen LogP contribution in [0.15, 0.2) is 18.2 Å². The summed E-state index contributed by atoms with van der Waals surface area (Å²) in [5.41, 5.74) is 1.24. The maximum absolute atomic E-state index is 5.41. The van der Waals surface area contributed by atoms with E-state index in [1.165, 1.54) is 24.9 Å². The van der Waals surface area contributed by atoms with Gasteiger partial charge in [-0.05, 0) is 50.0 Å². The molecular weight excluding hydrogens is 264 g/mol. The summed E-state index contributed by atoms with van der Waals surface area (Å²) < 4.78 is 10.7. The van der Waals surface area contributed by atoms with Crippen molar-refractivity contribution in [1.82, 2.24) is 10.2 Å². The minimum atomic E-state index is 0.309. The second kappa shape index (κ2) is 7.66. The van der Waals surface area contributed by atoms with Crippen LogP contribution in [0, 0.1) is 5.92 Å². The zero-order chi connectivity index (χ0) is 15.2. The van der Waals surface area contributed by atoms with E-state index >= 15 is 0 Å². The highest BCUT2D eigenvalue weighted by Gasteiger charge is 2.25. The van der Waals surface area contributed by atoms with Crippen molar-refractivity contribution >= 4 is 0 Å². The van der Waals surface area contributed by atoms with Crippen molar-refractivity contribution in [3.05, 3.63) is 23.8 Å². The average Bonchev–Trinajstić information content (AvgIpc) is 3.34. The lowest BCUT2D eigenvalue weighted by molar-refractivity contribution is 0.248. The van der Waals surface area contributed by atoms with Crippen LogP contribution < -0.4 is 14.8 Å². The summed E-state index contributed by atoms with van der Waals surface area (Å²) in [6.45, 7) is 5.59. The number of likely N-dealkylation sites (N-methyl/N-ethyl adjacent to an activating group) is 2. The third-order valence-electron chi connectivity index (χ3n) is 4.26. The quantitative estimate of drug-likeness (QED) is 0.759. The Morgan fingerprint density at radius 3 is 2.48 bits per heavy atom. The number of nitrogens with zero attached hydrogens (tertiary/aromatic N) is 1. The molecule has 1 aliphatic carbocycles. The van der Waals surface area contributed by atoms with E-state index in [4.69, 9.17) is 9.47 Å². The van der Waals surface area contributed by atoms with Crippen LogP contribution in [0.5, 0.6) is 11.5 Å². The first kappa shape index (κ1) is 16.1. The lowest BCUT2D eigenvalue weighted by Crippen LogP contribution is -2.35. The van der Waals surface area contributed by atoms with Crippen LogP contribution in [0.2, 0.25) is 0 Å². The van der Waals surface area contributed by atoms with E-state index in [1.807, 2.05) is 13.1 Å². The highest BCUT2D eigenvalue weighted by atomic mass is 16.5. The normalized spacial score (nSPS) is 16.0. The summed E-state index contributed by atoms with van der Waals surface area (Å²) in [6, 6.07) is 6.48. The second-order valence-electron chi connectivity index (χ2n) is 5.75. The molecule has 0 spiro atoms. The number of hydrogen-bond acceptors (Lipinski definition) is 4. The average molecular weight is 292 g/mol. The van der Waals surface area contributed by atoms with Gasteiger partial charge in [0.05, 0.1) is 14.2 Å². The fraction of sp³-hybridized carbons (Fsp3) is 0.647. The Labute approximate surface area is 128 Å². The molecule has 0 heterocycles. The molecule has 1 saturated carbocycles. The van der Waals surface area contributed by atoms with Gasteiger partial charge in [0.15, 0.2) is 11.5 Å². The van der Waals surface area contributed by atoms with E-state index in [0.717, 1.165) is 30.5 Å². The summed E-state index contributed by atoms with van der Waals surface area (Å²) in [5.74, 6) is 2.50. The standard InChI is InChI=1S/C17H28N2O2/c1-5-19(11-13-6-7-13)12-15(18-2)14-8-9-16(20-3)17(10-14)21-4/h8-10,13,15,18H,5-7,11-12H2,1-4H3. The van der Waals surface area contributed by atoms with Crippen LogP contribution in [0.25, 0.3) is 0 Å². The Kier molecular flexibility index (Phi) is 5.88. The SMILES string of the molecule is CCN(CC1CC1)CC(NC)c1ccc(OC)c(OC)c1. The molecular formula is C17H28N2O2. The lowest BCUT2D eigenvalue weighted by atomic mass is 10.1. The van der Waals surface area contributed by atoms with Gasteiger partial charge in [0.25, 0.3) is 0 Å². The molecule has 1 unspecified atom stereocenters. The minimum absolute atomic E-state index is 0.309. The first-order valence-corrected chi connectivity index (χ1v) is 7.83. The Bertz CT molecular complexity index is 446. The zero-order valence-corrected chi connectivity index (χ0v) is 13.7. The molecule has 1 aliphatic rings. The maximum atomic E-state index is 5.41. The monoisotopic (exact) mass is 292 g/mol. The van der Waals surface area contributed by atoms with Crippen molar-refractivity contribution in [1.29, 1.82) is 0 Å². The van der Waals surface area contributed by atoms with Gasteiger partial charge < -0.3 is 19.7 Å². The van der Waals surface area contributed by atoms with Gasteiger partial charge in [-0.1, -0.05) is 13.0 Å². The van der Waals surface area contributed by atoms with Crippen molar-refractivity contribution in [3.8, 4) is 11.5 Å². The van der Waals surface area contributed by atoms with Gasteiger partial charge in [0.1, 0.15) is 0 Å². The van der Waals surface area contributed by atoms with E-state index in [9.17, 15) is 0 Å². The topological polar surface area (TPSA) is 33.7 Å². The number of benzene rings is 1. The molecule has 0 radical (unpaired) electrons. The van der Waals surface area contributed by atoms with Gasteiger partial charge in [-0.2, -0.15) is 0 Å². The molecule has 0 amide bonds. The number of hydrogen-bond donors (Lipinski definition) is 1. The predicted octanol–water partition coefficient (Wildman–Crippen LogP) is 2.70. The van der Waals surface area contributed by atoms with Crippen molar-refractivity contribution in [2.75, 3.05) is 40.9 Å². The first-order chi connectivity index (χ1) is 10.2. The van der Waals surface area contributed by atoms with Crippen LogP contribution in [-0.4, -0.2) is 45.8 Å². The van der Waals surface area contributed by atoms with Gasteiger partial charge >= 0.3 is 0 Å². The van der Waals surface area contributed by atoms with Crippen molar-refractivity contribution < 1.29 is 9.47 Å². The fourth-order valence-corrected chi connectivity index (χ4v) is 2.69. The summed E-state index contributed by atoms with van der Waals surface area (Å²) in [7, 11) is 5.37. The van der Waals surface area contributed by atoms with E-state index in [0.29, 0.717) is 6.04 Å². The molecule has 4 heteroatoms. The van der Waals surface area contributed by atoms with Crippen LogP contribution in [0.3, 0.4) is 0 Å². The van der Waals surface area contributed by atoms with Crippen LogP contribution >= 0.6 is 0 Å². The van der Waals surface area contributed by atoms with Crippen LogP contribution in [-0.2, 0) is 0 Å². The molecule has 4 nitrogen and oxygen atoms in total. The van der Waals surface area contributed by atoms with E-state index < -0.39 is 0 Å². The van der Waals surface area contributed by atoms with Gasteiger partial charge in [0, 0.05) is 19.1 Å². The summed E-state index contributed by atoms with van der Waals surface area (Å²) in [6.07, 6.45) is 2.80. The Morgan fingerprint density at radius 1 is 1.24 bits per heavy atom. The molecule has 118 valence electrons. The fourth-order valence-electron chi connectivity index (χ4n) is 2.69. The van der Waals surface area contributed by atoms with Crippen molar-refractivity contribution in [2.45, 2.75) is 25.8 Å². The van der Waals surface area contributed by atoms with Gasteiger partial charge in [-0.25, -0.2) is 0 Å². The molecule has 1 N–H and O–H groups in total. The van der Waals surface area contributed by atoms with Gasteiger partial charge in [-0.3, -0.25) is 0 Å². The molecule has 1 aromatic carbocycles.